The van der Waals surface area contributed by atoms with Crippen LogP contribution in [-0.4, -0.2) is 12.3 Å². The average molecular weight is 296 g/mol. The fourth-order valence-corrected chi connectivity index (χ4v) is 1.94. The van der Waals surface area contributed by atoms with Crippen LogP contribution in [0.2, 0.25) is 0 Å². The molecule has 1 aromatic rings. The fraction of sp³-hybridized carbons (Fsp3) is 0.222. The molecule has 0 atom stereocenters. The van der Waals surface area contributed by atoms with Crippen LogP contribution in [0.4, 0.5) is 18.9 Å². The maximum atomic E-state index is 12.1. The summed E-state index contributed by atoms with van der Waals surface area (Å²) in [6.07, 6.45) is -4.72. The molecule has 0 saturated carbocycles. The van der Waals surface area contributed by atoms with E-state index in [1.54, 1.807) is 0 Å². The summed E-state index contributed by atoms with van der Waals surface area (Å²) in [5.41, 5.74) is 0.559. The predicted molar refractivity (Wildman–Crippen MR) is 53.2 cm³/mol. The molecule has 0 radical (unpaired) electrons. The summed E-state index contributed by atoms with van der Waals surface area (Å²) >= 11 is 3.16. The number of nitrogens with one attached hydrogen (secondary N) is 1. The van der Waals surface area contributed by atoms with E-state index in [1.807, 2.05) is 0 Å². The van der Waals surface area contributed by atoms with Crippen molar-refractivity contribution in [3.63, 3.8) is 0 Å². The molecule has 3 nitrogen and oxygen atoms in total. The molecule has 0 aliphatic carbocycles. The highest BCUT2D eigenvalue weighted by molar-refractivity contribution is 9.10. The molecule has 0 saturated heterocycles. The van der Waals surface area contributed by atoms with Crippen LogP contribution in [-0.2, 0) is 11.2 Å². The van der Waals surface area contributed by atoms with Gasteiger partial charge in [0.1, 0.15) is 0 Å². The second-order valence-electron chi connectivity index (χ2n) is 3.17. The second-order valence-corrected chi connectivity index (χ2v) is 4.03. The maximum Gasteiger partial charge on any atom is 0.573 e. The van der Waals surface area contributed by atoms with Crippen LogP contribution in [0.15, 0.2) is 16.6 Å². The van der Waals surface area contributed by atoms with Crippen LogP contribution in [0, 0.1) is 0 Å². The Balaban J connectivity index is 2.43. The largest absolute Gasteiger partial charge is 0.573 e. The normalized spacial score (nSPS) is 14.6. The van der Waals surface area contributed by atoms with Crippen molar-refractivity contribution < 1.29 is 22.7 Å². The minimum Gasteiger partial charge on any atom is -0.404 e. The van der Waals surface area contributed by atoms with Crippen LogP contribution in [0.1, 0.15) is 5.56 Å². The number of rotatable bonds is 1. The molecule has 0 aromatic heterocycles. The number of anilines is 1. The van der Waals surface area contributed by atoms with Crippen LogP contribution in [0.5, 0.6) is 5.75 Å². The lowest BCUT2D eigenvalue weighted by Gasteiger charge is -2.12. The van der Waals surface area contributed by atoms with Crippen LogP contribution in [0.3, 0.4) is 0 Å². The van der Waals surface area contributed by atoms with Crippen molar-refractivity contribution in [3.8, 4) is 5.75 Å². The Morgan fingerprint density at radius 1 is 1.38 bits per heavy atom. The molecular formula is C9H5BrF3NO2. The molecule has 1 aliphatic heterocycles. The number of carbonyl (C=O) groups excluding carboxylic acids is 1. The highest BCUT2D eigenvalue weighted by Crippen LogP contribution is 2.40. The van der Waals surface area contributed by atoms with E-state index in [1.165, 1.54) is 6.07 Å². The van der Waals surface area contributed by atoms with Crippen molar-refractivity contribution in [3.05, 3.63) is 22.2 Å². The van der Waals surface area contributed by atoms with Gasteiger partial charge in [0, 0.05) is 10.0 Å². The van der Waals surface area contributed by atoms with E-state index in [0.29, 0.717) is 10.0 Å². The zero-order valence-electron chi connectivity index (χ0n) is 7.69. The van der Waals surface area contributed by atoms with Crippen molar-refractivity contribution in [2.24, 2.45) is 0 Å². The highest BCUT2D eigenvalue weighted by atomic mass is 79.9. The van der Waals surface area contributed by atoms with Crippen molar-refractivity contribution in [1.29, 1.82) is 0 Å². The van der Waals surface area contributed by atoms with Gasteiger partial charge in [0.25, 0.3) is 0 Å². The van der Waals surface area contributed by atoms with E-state index >= 15 is 0 Å². The smallest absolute Gasteiger partial charge is 0.404 e. The van der Waals surface area contributed by atoms with E-state index in [-0.39, 0.29) is 18.0 Å². The summed E-state index contributed by atoms with van der Waals surface area (Å²) in [4.78, 5) is 11.1. The number of carbonyl (C=O) groups is 1. The van der Waals surface area contributed by atoms with Crippen LogP contribution in [0.25, 0.3) is 0 Å². The third-order valence-corrected chi connectivity index (χ3v) is 2.79. The van der Waals surface area contributed by atoms with E-state index in [9.17, 15) is 18.0 Å². The number of alkyl halides is 3. The molecule has 86 valence electrons. The Hall–Kier alpha value is -1.24. The standard InChI is InChI=1S/C9H5BrF3NO2/c10-5-1-2-6(16-9(11,12)13)8-4(5)3-7(15)14-8/h1-2H,3H2,(H,14,15). The first-order valence-electron chi connectivity index (χ1n) is 4.24. The van der Waals surface area contributed by atoms with Crippen LogP contribution >= 0.6 is 15.9 Å². The first-order chi connectivity index (χ1) is 7.37. The molecule has 7 heteroatoms. The molecule has 0 fully saturated rings. The Morgan fingerprint density at radius 3 is 2.69 bits per heavy atom. The van der Waals surface area contributed by atoms with Crippen LogP contribution < -0.4 is 10.1 Å². The van der Waals surface area contributed by atoms with Gasteiger partial charge in [-0.15, -0.1) is 13.2 Å². The van der Waals surface area contributed by atoms with Gasteiger partial charge in [0.15, 0.2) is 5.75 Å². The molecular weight excluding hydrogens is 291 g/mol. The topological polar surface area (TPSA) is 38.3 Å². The van der Waals surface area contributed by atoms with E-state index in [2.05, 4.69) is 26.0 Å². The average Bonchev–Trinajstić information content (AvgIpc) is 2.51. The lowest BCUT2D eigenvalue weighted by atomic mass is 10.1. The Morgan fingerprint density at radius 2 is 2.06 bits per heavy atom. The zero-order valence-corrected chi connectivity index (χ0v) is 9.28. The summed E-state index contributed by atoms with van der Waals surface area (Å²) < 4.78 is 40.6. The van der Waals surface area contributed by atoms with Crippen molar-refractivity contribution in [1.82, 2.24) is 0 Å². The van der Waals surface area contributed by atoms with Gasteiger partial charge in [0.2, 0.25) is 5.91 Å². The minimum atomic E-state index is -4.77. The van der Waals surface area contributed by atoms with Gasteiger partial charge in [-0.05, 0) is 12.1 Å². The fourth-order valence-electron chi connectivity index (χ4n) is 1.46. The molecule has 0 spiro atoms. The maximum absolute atomic E-state index is 12.1. The van der Waals surface area contributed by atoms with E-state index in [4.69, 9.17) is 0 Å². The van der Waals surface area contributed by atoms with Crippen molar-refractivity contribution >= 4 is 27.5 Å². The SMILES string of the molecule is O=C1Cc2c(Br)ccc(OC(F)(F)F)c2N1. The Bertz CT molecular complexity index is 459. The number of fused-ring (bicyclic) bond motifs is 1. The van der Waals surface area contributed by atoms with Gasteiger partial charge >= 0.3 is 6.36 Å². The molecule has 1 aromatic carbocycles. The Kier molecular flexibility index (Phi) is 2.57. The molecule has 16 heavy (non-hydrogen) atoms. The third-order valence-electron chi connectivity index (χ3n) is 2.04. The van der Waals surface area contributed by atoms with Gasteiger partial charge in [-0.2, -0.15) is 0 Å². The summed E-state index contributed by atoms with van der Waals surface area (Å²) in [7, 11) is 0. The first kappa shape index (κ1) is 11.3. The number of benzene rings is 1. The third kappa shape index (κ3) is 2.13. The van der Waals surface area contributed by atoms with E-state index < -0.39 is 12.1 Å². The van der Waals surface area contributed by atoms with Gasteiger partial charge in [-0.25, -0.2) is 0 Å². The molecule has 1 amide bonds. The highest BCUT2D eigenvalue weighted by Gasteiger charge is 2.34. The number of amides is 1. The number of halogens is 4. The quantitative estimate of drug-likeness (QED) is 0.865. The van der Waals surface area contributed by atoms with E-state index in [0.717, 1.165) is 6.07 Å². The lowest BCUT2D eigenvalue weighted by Crippen LogP contribution is -2.18. The molecule has 0 unspecified atom stereocenters. The van der Waals surface area contributed by atoms with Gasteiger partial charge < -0.3 is 10.1 Å². The number of hydrogen-bond acceptors (Lipinski definition) is 2. The molecule has 0 bridgehead atoms. The predicted octanol–water partition coefficient (Wildman–Crippen LogP) is 2.84. The summed E-state index contributed by atoms with van der Waals surface area (Å²) in [6, 6.07) is 2.57. The molecule has 1 N–H and O–H groups in total. The molecule has 1 aliphatic rings. The monoisotopic (exact) mass is 295 g/mol. The van der Waals surface area contributed by atoms with Gasteiger partial charge in [-0.3, -0.25) is 4.79 Å². The van der Waals surface area contributed by atoms with Gasteiger partial charge in [-0.1, -0.05) is 15.9 Å². The lowest BCUT2D eigenvalue weighted by molar-refractivity contribution is -0.274. The summed E-state index contributed by atoms with van der Waals surface area (Å²) in [5.74, 6) is -0.745. The van der Waals surface area contributed by atoms with Crippen molar-refractivity contribution in [2.75, 3.05) is 5.32 Å². The number of ether oxygens (including phenoxy) is 1. The molecule has 1 heterocycles. The van der Waals surface area contributed by atoms with Crippen molar-refractivity contribution in [2.45, 2.75) is 12.8 Å². The molecule has 2 rings (SSSR count). The zero-order chi connectivity index (χ0) is 11.9. The summed E-state index contributed by atoms with van der Waals surface area (Å²) in [5, 5.41) is 2.34. The van der Waals surface area contributed by atoms with Gasteiger partial charge in [0.05, 0.1) is 12.1 Å². The summed E-state index contributed by atoms with van der Waals surface area (Å²) in [6.45, 7) is 0. The minimum absolute atomic E-state index is 0.0466. The second kappa shape index (κ2) is 3.65. The number of hydrogen-bond donors (Lipinski definition) is 1. The first-order valence-corrected chi connectivity index (χ1v) is 5.03. The Labute approximate surface area is 96.7 Å².